The van der Waals surface area contributed by atoms with E-state index in [0.29, 0.717) is 22.6 Å². The molecule has 0 saturated carbocycles. The van der Waals surface area contributed by atoms with Crippen molar-refractivity contribution in [3.8, 4) is 5.75 Å². The van der Waals surface area contributed by atoms with Gasteiger partial charge in [0.2, 0.25) is 0 Å². The van der Waals surface area contributed by atoms with E-state index in [2.05, 4.69) is 0 Å². The van der Waals surface area contributed by atoms with E-state index in [-0.39, 0.29) is 6.61 Å². The largest absolute Gasteiger partial charge is 0.481 e. The summed E-state index contributed by atoms with van der Waals surface area (Å²) in [5.41, 5.74) is 0.974. The lowest BCUT2D eigenvalue weighted by Crippen LogP contribution is -2.53. The van der Waals surface area contributed by atoms with Crippen LogP contribution in [0.15, 0.2) is 48.5 Å². The summed E-state index contributed by atoms with van der Waals surface area (Å²) >= 11 is 0. The number of rotatable bonds is 1. The molecule has 6 heteroatoms. The first-order chi connectivity index (χ1) is 10.7. The number of hydrazine groups is 1. The number of hydrogen-bond donors (Lipinski definition) is 0. The normalized spacial score (nSPS) is 16.5. The van der Waals surface area contributed by atoms with Gasteiger partial charge in [-0.05, 0) is 24.3 Å². The van der Waals surface area contributed by atoms with Gasteiger partial charge in [0.05, 0.1) is 11.1 Å². The van der Waals surface area contributed by atoms with Gasteiger partial charge in [0.15, 0.2) is 6.61 Å². The van der Waals surface area contributed by atoms with Gasteiger partial charge in [-0.25, -0.2) is 5.01 Å². The Bertz CT molecular complexity index is 795. The van der Waals surface area contributed by atoms with Crippen LogP contribution in [0.2, 0.25) is 0 Å². The highest BCUT2D eigenvalue weighted by Crippen LogP contribution is 2.35. The third-order valence-electron chi connectivity index (χ3n) is 3.65. The second-order valence-electron chi connectivity index (χ2n) is 4.93. The zero-order valence-corrected chi connectivity index (χ0v) is 11.4. The molecule has 0 atom stereocenters. The molecule has 0 fully saturated rings. The minimum Gasteiger partial charge on any atom is -0.481 e. The van der Waals surface area contributed by atoms with Crippen molar-refractivity contribution < 1.29 is 19.1 Å². The zero-order valence-electron chi connectivity index (χ0n) is 11.4. The van der Waals surface area contributed by atoms with Crippen molar-refractivity contribution in [2.45, 2.75) is 0 Å². The van der Waals surface area contributed by atoms with E-state index >= 15 is 0 Å². The smallest absolute Gasteiger partial charge is 0.284 e. The van der Waals surface area contributed by atoms with Crippen molar-refractivity contribution in [3.05, 3.63) is 59.7 Å². The van der Waals surface area contributed by atoms with Crippen LogP contribution in [0.25, 0.3) is 0 Å². The summed E-state index contributed by atoms with van der Waals surface area (Å²) in [6.45, 7) is -0.218. The van der Waals surface area contributed by atoms with Gasteiger partial charge in [0, 0.05) is 0 Å². The van der Waals surface area contributed by atoms with Gasteiger partial charge in [-0.3, -0.25) is 14.4 Å². The van der Waals surface area contributed by atoms with Crippen LogP contribution in [0.4, 0.5) is 5.69 Å². The Morgan fingerprint density at radius 3 is 2.05 bits per heavy atom. The van der Waals surface area contributed by atoms with Gasteiger partial charge in [-0.15, -0.1) is 0 Å². The summed E-state index contributed by atoms with van der Waals surface area (Å²) in [6, 6.07) is 13.3. The lowest BCUT2D eigenvalue weighted by Gasteiger charge is -2.33. The molecular formula is C16H10N2O4. The van der Waals surface area contributed by atoms with E-state index in [0.717, 1.165) is 10.0 Å². The SMILES string of the molecule is O=C1c2ccccc2C(=O)N1N1C(=O)COc2ccccc21. The number of para-hydroxylation sites is 2. The highest BCUT2D eigenvalue weighted by molar-refractivity contribution is 6.24. The molecule has 2 aliphatic rings. The minimum atomic E-state index is -0.509. The van der Waals surface area contributed by atoms with E-state index in [4.69, 9.17) is 4.74 Å². The summed E-state index contributed by atoms with van der Waals surface area (Å²) in [6.07, 6.45) is 0. The first-order valence-electron chi connectivity index (χ1n) is 6.71. The minimum absolute atomic E-state index is 0.218. The number of hydrogen-bond acceptors (Lipinski definition) is 4. The van der Waals surface area contributed by atoms with E-state index in [1.165, 1.54) is 0 Å². The lowest BCUT2D eigenvalue weighted by molar-refractivity contribution is -0.123. The molecule has 0 bridgehead atoms. The first-order valence-corrected chi connectivity index (χ1v) is 6.71. The number of ether oxygens (including phenoxy) is 1. The molecule has 2 aromatic carbocycles. The molecule has 2 aromatic rings. The number of fused-ring (bicyclic) bond motifs is 2. The molecular weight excluding hydrogens is 284 g/mol. The maximum Gasteiger partial charge on any atom is 0.284 e. The van der Waals surface area contributed by atoms with Gasteiger partial charge in [0.1, 0.15) is 11.4 Å². The summed E-state index contributed by atoms with van der Waals surface area (Å²) in [7, 11) is 0. The fourth-order valence-corrected chi connectivity index (χ4v) is 2.67. The van der Waals surface area contributed by atoms with Crippen LogP contribution in [0, 0.1) is 0 Å². The maximum absolute atomic E-state index is 12.5. The second kappa shape index (κ2) is 4.42. The Kier molecular flexibility index (Phi) is 2.53. The van der Waals surface area contributed by atoms with Crippen LogP contribution in [-0.4, -0.2) is 29.3 Å². The van der Waals surface area contributed by atoms with Crippen LogP contribution < -0.4 is 9.75 Å². The topological polar surface area (TPSA) is 66.9 Å². The molecule has 0 unspecified atom stereocenters. The Morgan fingerprint density at radius 2 is 1.36 bits per heavy atom. The molecule has 0 spiro atoms. The first kappa shape index (κ1) is 12.6. The third kappa shape index (κ3) is 1.57. The lowest BCUT2D eigenvalue weighted by atomic mass is 10.1. The predicted octanol–water partition coefficient (Wildman–Crippen LogP) is 1.62. The summed E-state index contributed by atoms with van der Waals surface area (Å²) in [5, 5.41) is 1.98. The Balaban J connectivity index is 1.85. The molecule has 0 aromatic heterocycles. The molecule has 2 heterocycles. The number of benzene rings is 2. The van der Waals surface area contributed by atoms with Crippen molar-refractivity contribution in [1.82, 2.24) is 5.01 Å². The van der Waals surface area contributed by atoms with Crippen molar-refractivity contribution >= 4 is 23.4 Å². The van der Waals surface area contributed by atoms with Crippen LogP contribution in [0.1, 0.15) is 20.7 Å². The van der Waals surface area contributed by atoms with Gasteiger partial charge in [0.25, 0.3) is 17.7 Å². The average molecular weight is 294 g/mol. The van der Waals surface area contributed by atoms with E-state index < -0.39 is 17.7 Å². The van der Waals surface area contributed by atoms with Gasteiger partial charge < -0.3 is 4.74 Å². The Labute approximate surface area is 125 Å². The molecule has 0 aliphatic carbocycles. The summed E-state index contributed by atoms with van der Waals surface area (Å²) in [5.74, 6) is -1.02. The number of amides is 3. The van der Waals surface area contributed by atoms with E-state index in [1.807, 2.05) is 0 Å². The standard InChI is InChI=1S/C16H10N2O4/c19-14-9-22-13-8-4-3-7-12(13)17(14)18-15(20)10-5-1-2-6-11(10)16(18)21/h1-8H,9H2. The maximum atomic E-state index is 12.5. The van der Waals surface area contributed by atoms with Crippen LogP contribution in [0.3, 0.4) is 0 Å². The third-order valence-corrected chi connectivity index (χ3v) is 3.65. The molecule has 108 valence electrons. The number of nitrogens with zero attached hydrogens (tertiary/aromatic N) is 2. The molecule has 0 N–H and O–H groups in total. The molecule has 2 aliphatic heterocycles. The number of anilines is 1. The Morgan fingerprint density at radius 1 is 0.773 bits per heavy atom. The fraction of sp³-hybridized carbons (Fsp3) is 0.0625. The summed E-state index contributed by atoms with van der Waals surface area (Å²) in [4.78, 5) is 37.3. The van der Waals surface area contributed by atoms with Crippen LogP contribution in [-0.2, 0) is 4.79 Å². The quantitative estimate of drug-likeness (QED) is 0.750. The number of carbonyl (C=O) groups is 3. The van der Waals surface area contributed by atoms with Gasteiger partial charge >= 0.3 is 0 Å². The Hall–Kier alpha value is -3.15. The zero-order chi connectivity index (χ0) is 15.3. The average Bonchev–Trinajstić information content (AvgIpc) is 2.80. The molecule has 3 amide bonds. The van der Waals surface area contributed by atoms with Crippen LogP contribution >= 0.6 is 0 Å². The van der Waals surface area contributed by atoms with Gasteiger partial charge in [-0.2, -0.15) is 5.01 Å². The van der Waals surface area contributed by atoms with E-state index in [1.54, 1.807) is 48.5 Å². The molecule has 0 radical (unpaired) electrons. The van der Waals surface area contributed by atoms with E-state index in [9.17, 15) is 14.4 Å². The highest BCUT2D eigenvalue weighted by atomic mass is 16.5. The number of carbonyl (C=O) groups excluding carboxylic acids is 3. The highest BCUT2D eigenvalue weighted by Gasteiger charge is 2.43. The fourth-order valence-electron chi connectivity index (χ4n) is 2.67. The molecule has 4 rings (SSSR count). The number of imide groups is 1. The second-order valence-corrected chi connectivity index (χ2v) is 4.93. The molecule has 6 nitrogen and oxygen atoms in total. The predicted molar refractivity (Wildman–Crippen MR) is 76.4 cm³/mol. The molecule has 0 saturated heterocycles. The van der Waals surface area contributed by atoms with Gasteiger partial charge in [-0.1, -0.05) is 24.3 Å². The monoisotopic (exact) mass is 294 g/mol. The van der Waals surface area contributed by atoms with Crippen molar-refractivity contribution in [3.63, 3.8) is 0 Å². The van der Waals surface area contributed by atoms with Crippen molar-refractivity contribution in [1.29, 1.82) is 0 Å². The van der Waals surface area contributed by atoms with Crippen molar-refractivity contribution in [2.24, 2.45) is 0 Å². The summed E-state index contributed by atoms with van der Waals surface area (Å²) < 4.78 is 5.33. The van der Waals surface area contributed by atoms with Crippen LogP contribution in [0.5, 0.6) is 5.75 Å². The molecule has 22 heavy (non-hydrogen) atoms. The van der Waals surface area contributed by atoms with Crippen molar-refractivity contribution in [2.75, 3.05) is 11.6 Å².